The predicted octanol–water partition coefficient (Wildman–Crippen LogP) is 3.83. The molecule has 0 aliphatic rings. The summed E-state index contributed by atoms with van der Waals surface area (Å²) in [7, 11) is 0. The lowest BCUT2D eigenvalue weighted by Crippen LogP contribution is -1.97. The molecule has 2 aromatic carbocycles. The van der Waals surface area contributed by atoms with Crippen molar-refractivity contribution in [3.8, 4) is 5.75 Å². The molecule has 0 N–H and O–H groups in total. The fourth-order valence-electron chi connectivity index (χ4n) is 1.83. The molecular weight excluding hydrogens is 277 g/mol. The quantitative estimate of drug-likeness (QED) is 0.685. The van der Waals surface area contributed by atoms with E-state index in [4.69, 9.17) is 4.74 Å². The molecule has 5 heteroatoms. The van der Waals surface area contributed by atoms with E-state index in [2.05, 4.69) is 4.98 Å². The van der Waals surface area contributed by atoms with Crippen LogP contribution in [0.3, 0.4) is 0 Å². The van der Waals surface area contributed by atoms with E-state index in [0.717, 1.165) is 21.3 Å². The van der Waals surface area contributed by atoms with Crippen LogP contribution in [0.15, 0.2) is 42.5 Å². The Labute approximate surface area is 118 Å². The smallest absolute Gasteiger partial charge is 0.165 e. The van der Waals surface area contributed by atoms with Crippen LogP contribution in [0, 0.1) is 5.82 Å². The summed E-state index contributed by atoms with van der Waals surface area (Å²) in [5, 5.41) is 0.782. The van der Waals surface area contributed by atoms with Gasteiger partial charge in [-0.15, -0.1) is 11.3 Å². The minimum absolute atomic E-state index is 0.120. The molecule has 0 saturated heterocycles. The lowest BCUT2D eigenvalue weighted by Gasteiger charge is -2.05. The molecule has 0 saturated carbocycles. The largest absolute Gasteiger partial charge is 0.483 e. The third kappa shape index (κ3) is 2.53. The number of para-hydroxylation sites is 1. The van der Waals surface area contributed by atoms with Crippen LogP contribution in [0.2, 0.25) is 0 Å². The third-order valence-corrected chi connectivity index (χ3v) is 3.79. The summed E-state index contributed by atoms with van der Waals surface area (Å²) in [6.45, 7) is 0.205. The number of rotatable bonds is 4. The highest BCUT2D eigenvalue weighted by Gasteiger charge is 2.07. The Kier molecular flexibility index (Phi) is 3.43. The van der Waals surface area contributed by atoms with Gasteiger partial charge in [0.15, 0.2) is 11.6 Å². The van der Waals surface area contributed by atoms with Gasteiger partial charge in [0.05, 0.1) is 10.2 Å². The van der Waals surface area contributed by atoms with E-state index in [-0.39, 0.29) is 17.9 Å². The maximum absolute atomic E-state index is 13.6. The van der Waals surface area contributed by atoms with E-state index < -0.39 is 5.82 Å². The Morgan fingerprint density at radius 1 is 1.25 bits per heavy atom. The number of thiazole rings is 1. The summed E-state index contributed by atoms with van der Waals surface area (Å²) in [6.07, 6.45) is 0.598. The Morgan fingerprint density at radius 3 is 2.85 bits per heavy atom. The van der Waals surface area contributed by atoms with Crippen molar-refractivity contribution in [2.45, 2.75) is 6.61 Å². The van der Waals surface area contributed by atoms with Gasteiger partial charge in [-0.05, 0) is 30.3 Å². The first-order valence-electron chi connectivity index (χ1n) is 5.98. The fourth-order valence-corrected chi connectivity index (χ4v) is 2.71. The number of hydrogen-bond acceptors (Lipinski definition) is 4. The van der Waals surface area contributed by atoms with Crippen molar-refractivity contribution in [2.75, 3.05) is 0 Å². The molecule has 0 amide bonds. The average molecular weight is 287 g/mol. The number of benzene rings is 2. The van der Waals surface area contributed by atoms with Crippen LogP contribution in [-0.2, 0) is 6.61 Å². The van der Waals surface area contributed by atoms with Crippen LogP contribution in [-0.4, -0.2) is 11.3 Å². The number of fused-ring (bicyclic) bond motifs is 1. The Balaban J connectivity index is 1.77. The molecule has 0 bridgehead atoms. The van der Waals surface area contributed by atoms with Gasteiger partial charge in [0, 0.05) is 5.56 Å². The van der Waals surface area contributed by atoms with Crippen LogP contribution in [0.1, 0.15) is 15.4 Å². The Bertz CT molecular complexity index is 736. The molecule has 0 aliphatic heterocycles. The van der Waals surface area contributed by atoms with Gasteiger partial charge in [-0.25, -0.2) is 9.37 Å². The predicted molar refractivity (Wildman–Crippen MR) is 75.7 cm³/mol. The summed E-state index contributed by atoms with van der Waals surface area (Å²) in [5.41, 5.74) is 1.20. The highest BCUT2D eigenvalue weighted by atomic mass is 32.1. The van der Waals surface area contributed by atoms with Gasteiger partial charge in [-0.1, -0.05) is 12.1 Å². The number of nitrogens with zero attached hydrogens (tertiary/aromatic N) is 1. The summed E-state index contributed by atoms with van der Waals surface area (Å²) in [6, 6.07) is 11.9. The first kappa shape index (κ1) is 12.7. The zero-order valence-electron chi connectivity index (χ0n) is 10.4. The van der Waals surface area contributed by atoms with Gasteiger partial charge in [0.2, 0.25) is 0 Å². The summed E-state index contributed by atoms with van der Waals surface area (Å²) >= 11 is 1.52. The van der Waals surface area contributed by atoms with Crippen LogP contribution < -0.4 is 4.74 Å². The molecule has 1 heterocycles. The van der Waals surface area contributed by atoms with Crippen molar-refractivity contribution < 1.29 is 13.9 Å². The normalized spacial score (nSPS) is 10.7. The molecule has 0 aliphatic carbocycles. The van der Waals surface area contributed by atoms with Gasteiger partial charge in [-0.3, -0.25) is 4.79 Å². The first-order chi connectivity index (χ1) is 9.76. The molecule has 1 aromatic heterocycles. The standard InChI is InChI=1S/C15H10FNO2S/c16-11-7-10(8-18)5-6-13(11)19-9-15-17-12-3-1-2-4-14(12)20-15/h1-8H,9H2. The second-order valence-electron chi connectivity index (χ2n) is 4.17. The molecular formula is C15H10FNO2S. The van der Waals surface area contributed by atoms with Crippen molar-refractivity contribution in [1.29, 1.82) is 0 Å². The minimum atomic E-state index is -0.546. The average Bonchev–Trinajstić information content (AvgIpc) is 2.88. The van der Waals surface area contributed by atoms with Crippen LogP contribution in [0.25, 0.3) is 10.2 Å². The lowest BCUT2D eigenvalue weighted by atomic mass is 10.2. The van der Waals surface area contributed by atoms with Crippen molar-refractivity contribution in [2.24, 2.45) is 0 Å². The molecule has 3 rings (SSSR count). The van der Waals surface area contributed by atoms with E-state index in [9.17, 15) is 9.18 Å². The highest BCUT2D eigenvalue weighted by Crippen LogP contribution is 2.24. The maximum atomic E-state index is 13.6. The van der Waals surface area contributed by atoms with Crippen LogP contribution in [0.4, 0.5) is 4.39 Å². The minimum Gasteiger partial charge on any atom is -0.483 e. The van der Waals surface area contributed by atoms with E-state index in [0.29, 0.717) is 6.29 Å². The van der Waals surface area contributed by atoms with Crippen LogP contribution in [0.5, 0.6) is 5.75 Å². The topological polar surface area (TPSA) is 39.2 Å². The van der Waals surface area contributed by atoms with Crippen molar-refractivity contribution >= 4 is 27.8 Å². The summed E-state index contributed by atoms with van der Waals surface area (Å²) in [4.78, 5) is 14.9. The third-order valence-electron chi connectivity index (χ3n) is 2.78. The molecule has 0 spiro atoms. The summed E-state index contributed by atoms with van der Waals surface area (Å²) < 4.78 is 20.1. The second-order valence-corrected chi connectivity index (χ2v) is 5.29. The monoisotopic (exact) mass is 287 g/mol. The van der Waals surface area contributed by atoms with Crippen molar-refractivity contribution in [3.05, 3.63) is 58.9 Å². The number of carbonyl (C=O) groups excluding carboxylic acids is 1. The molecule has 0 fully saturated rings. The molecule has 0 radical (unpaired) electrons. The Morgan fingerprint density at radius 2 is 2.10 bits per heavy atom. The van der Waals surface area contributed by atoms with E-state index in [1.165, 1.54) is 23.5 Å². The zero-order chi connectivity index (χ0) is 13.9. The highest BCUT2D eigenvalue weighted by molar-refractivity contribution is 7.18. The van der Waals surface area contributed by atoms with E-state index in [1.54, 1.807) is 0 Å². The van der Waals surface area contributed by atoms with Gasteiger partial charge in [0.25, 0.3) is 0 Å². The van der Waals surface area contributed by atoms with Crippen LogP contribution >= 0.6 is 11.3 Å². The van der Waals surface area contributed by atoms with E-state index in [1.807, 2.05) is 24.3 Å². The zero-order valence-corrected chi connectivity index (χ0v) is 11.2. The Hall–Kier alpha value is -2.27. The summed E-state index contributed by atoms with van der Waals surface area (Å²) in [5.74, 6) is -0.425. The van der Waals surface area contributed by atoms with Crippen molar-refractivity contribution in [3.63, 3.8) is 0 Å². The molecule has 0 unspecified atom stereocenters. The molecule has 3 nitrogen and oxygen atoms in total. The SMILES string of the molecule is O=Cc1ccc(OCc2nc3ccccc3s2)c(F)c1. The first-order valence-corrected chi connectivity index (χ1v) is 6.80. The number of carbonyl (C=O) groups is 1. The van der Waals surface area contributed by atoms with Crippen molar-refractivity contribution in [1.82, 2.24) is 4.98 Å². The lowest BCUT2D eigenvalue weighted by molar-refractivity contribution is 0.112. The van der Waals surface area contributed by atoms with Gasteiger partial charge >= 0.3 is 0 Å². The molecule has 3 aromatic rings. The number of hydrogen-bond donors (Lipinski definition) is 0. The van der Waals surface area contributed by atoms with Gasteiger partial charge in [-0.2, -0.15) is 0 Å². The van der Waals surface area contributed by atoms with Gasteiger partial charge in [0.1, 0.15) is 17.9 Å². The number of ether oxygens (including phenoxy) is 1. The maximum Gasteiger partial charge on any atom is 0.165 e. The van der Waals surface area contributed by atoms with Gasteiger partial charge < -0.3 is 4.74 Å². The molecule has 0 atom stereocenters. The van der Waals surface area contributed by atoms with E-state index >= 15 is 0 Å². The number of aldehydes is 1. The number of aromatic nitrogens is 1. The second kappa shape index (κ2) is 5.38. The molecule has 100 valence electrons. The molecule has 20 heavy (non-hydrogen) atoms. The number of halogens is 1. The fraction of sp³-hybridized carbons (Fsp3) is 0.0667.